The first-order valence-electron chi connectivity index (χ1n) is 14.2. The third-order valence-corrected chi connectivity index (χ3v) is 12.9. The molecule has 42 heavy (non-hydrogen) atoms. The van der Waals surface area contributed by atoms with Crippen molar-refractivity contribution in [3.05, 3.63) is 65.2 Å². The summed E-state index contributed by atoms with van der Waals surface area (Å²) >= 11 is 0. The first-order valence-corrected chi connectivity index (χ1v) is 17.5. The van der Waals surface area contributed by atoms with Gasteiger partial charge in [-0.25, -0.2) is 12.8 Å². The number of fused-ring (bicyclic) bond motifs is 1. The highest BCUT2D eigenvalue weighted by atomic mass is 32.2. The molecule has 8 atom stereocenters. The highest BCUT2D eigenvalue weighted by Crippen LogP contribution is 2.87. The van der Waals surface area contributed by atoms with Crippen molar-refractivity contribution in [1.82, 2.24) is 4.90 Å². The van der Waals surface area contributed by atoms with E-state index in [1.165, 1.54) is 36.8 Å². The molecular formula is C29H27FN4O6S2. The molecule has 8 bridgehead atoms. The minimum absolute atomic E-state index is 0.0548. The van der Waals surface area contributed by atoms with Crippen LogP contribution in [0.5, 0.6) is 0 Å². The van der Waals surface area contributed by atoms with E-state index in [9.17, 15) is 31.1 Å². The maximum absolute atomic E-state index is 14.3. The fourth-order valence-corrected chi connectivity index (χ4v) is 11.6. The number of carbonyl (C=O) groups is 1. The lowest BCUT2D eigenvalue weighted by Crippen LogP contribution is -2.61. The number of hydrogen-bond donors (Lipinski definition) is 3. The van der Waals surface area contributed by atoms with E-state index in [1.54, 1.807) is 17.0 Å². The van der Waals surface area contributed by atoms with E-state index in [0.717, 1.165) is 11.8 Å². The van der Waals surface area contributed by atoms with Gasteiger partial charge in [-0.05, 0) is 89.7 Å². The van der Waals surface area contributed by atoms with E-state index in [2.05, 4.69) is 14.4 Å². The molecule has 7 aliphatic carbocycles. The third kappa shape index (κ3) is 3.23. The summed E-state index contributed by atoms with van der Waals surface area (Å²) in [7, 11) is -8.01. The SMILES string of the molecule is CS(=O)(=O)Nc1ccc2c(c1)S(=O)(=O)N=C(C1=C(O)[C@@H]3C4C5C6CC7C4C7C(C65)[C@@H]3N(Cc3ccc(F)cc3)C1=O)N2. The first-order chi connectivity index (χ1) is 19.9. The molecule has 6 unspecified atom stereocenters. The van der Waals surface area contributed by atoms with Crippen LogP contribution in [0.25, 0.3) is 0 Å². The molecule has 0 spiro atoms. The topological polar surface area (TPSA) is 145 Å². The van der Waals surface area contributed by atoms with Gasteiger partial charge in [-0.15, -0.1) is 4.40 Å². The summed E-state index contributed by atoms with van der Waals surface area (Å²) in [5, 5.41) is 14.8. The minimum atomic E-state index is -4.36. The second-order valence-corrected chi connectivity index (χ2v) is 16.3. The Hall–Kier alpha value is -3.45. The Kier molecular flexibility index (Phi) is 4.62. The van der Waals surface area contributed by atoms with E-state index < -0.39 is 26.0 Å². The molecule has 0 radical (unpaired) electrons. The van der Waals surface area contributed by atoms with Gasteiger partial charge in [0.15, 0.2) is 5.84 Å². The number of nitrogens with zero attached hydrogens (tertiary/aromatic N) is 2. The predicted molar refractivity (Wildman–Crippen MR) is 150 cm³/mol. The normalized spacial score (nSPS) is 39.1. The van der Waals surface area contributed by atoms with Crippen LogP contribution in [-0.4, -0.2) is 50.9 Å². The summed E-state index contributed by atoms with van der Waals surface area (Å²) in [5.41, 5.74) is 0.772. The van der Waals surface area contributed by atoms with Crippen molar-refractivity contribution < 1.29 is 31.1 Å². The minimum Gasteiger partial charge on any atom is -0.511 e. The quantitative estimate of drug-likeness (QED) is 0.472. The molecule has 2 heterocycles. The lowest BCUT2D eigenvalue weighted by molar-refractivity contribution is -0.141. The number of benzene rings is 2. The Labute approximate surface area is 241 Å². The average Bonchev–Trinajstić information content (AvgIpc) is 3.84. The van der Waals surface area contributed by atoms with Crippen molar-refractivity contribution >= 4 is 43.2 Å². The monoisotopic (exact) mass is 610 g/mol. The molecular weight excluding hydrogens is 583 g/mol. The van der Waals surface area contributed by atoms with Crippen molar-refractivity contribution in [3.63, 3.8) is 0 Å². The molecule has 2 aromatic carbocycles. The molecule has 218 valence electrons. The number of anilines is 2. The highest BCUT2D eigenvalue weighted by molar-refractivity contribution is 7.92. The van der Waals surface area contributed by atoms with Crippen molar-refractivity contribution in [2.24, 2.45) is 57.7 Å². The Bertz CT molecular complexity index is 1890. The van der Waals surface area contributed by atoms with Gasteiger partial charge in [0.05, 0.1) is 11.9 Å². The summed E-state index contributed by atoms with van der Waals surface area (Å²) in [6, 6.07) is 9.78. The molecule has 2 aliphatic heterocycles. The van der Waals surface area contributed by atoms with Gasteiger partial charge in [0, 0.05) is 24.2 Å². The maximum atomic E-state index is 14.3. The summed E-state index contributed by atoms with van der Waals surface area (Å²) in [5.74, 6) is 2.50. The van der Waals surface area contributed by atoms with Gasteiger partial charge in [0.1, 0.15) is 22.0 Å². The molecule has 0 aromatic heterocycles. The number of amides is 1. The summed E-state index contributed by atoms with van der Waals surface area (Å²) in [6.45, 7) is 0.210. The van der Waals surface area contributed by atoms with E-state index >= 15 is 0 Å². The highest BCUT2D eigenvalue weighted by Gasteiger charge is 2.85. The van der Waals surface area contributed by atoms with E-state index in [1.807, 2.05) is 0 Å². The van der Waals surface area contributed by atoms with Crippen LogP contribution >= 0.6 is 0 Å². The lowest BCUT2D eigenvalue weighted by atomic mass is 9.59. The second kappa shape index (κ2) is 7.73. The van der Waals surface area contributed by atoms with Crippen molar-refractivity contribution in [2.75, 3.05) is 16.3 Å². The second-order valence-electron chi connectivity index (χ2n) is 13.0. The molecule has 2 aromatic rings. The molecule has 7 saturated carbocycles. The number of nitrogens with one attached hydrogen (secondary N) is 2. The zero-order valence-electron chi connectivity index (χ0n) is 22.3. The van der Waals surface area contributed by atoms with Crippen LogP contribution in [0.3, 0.4) is 0 Å². The van der Waals surface area contributed by atoms with Crippen LogP contribution in [0, 0.1) is 59.1 Å². The fourth-order valence-electron chi connectivity index (χ4n) is 9.91. The summed E-state index contributed by atoms with van der Waals surface area (Å²) in [4.78, 5) is 15.9. The van der Waals surface area contributed by atoms with E-state index in [-0.39, 0.29) is 63.7 Å². The molecule has 10 nitrogen and oxygen atoms in total. The number of carbonyl (C=O) groups excluding carboxylic acids is 1. The van der Waals surface area contributed by atoms with Gasteiger partial charge < -0.3 is 15.3 Å². The number of aliphatic hydroxyl groups excluding tert-OH is 1. The molecule has 3 N–H and O–H groups in total. The maximum Gasteiger partial charge on any atom is 0.286 e. The standard InChI is InChI=1S/C29H27FN4O6S2/c1-41(37,38)32-13-6-7-16-17(8-13)42(39,40)33-28(31-16)25-27(35)24-22-18-14-9-15-19(22)21(15)23(20(14)18)26(24)34(29(25)36)10-11-2-4-12(30)5-3-11/h2-8,14-15,18-24,26,32,35H,9-10H2,1H3,(H,31,33)/t14?,15?,18?,19?,20?,21?,22?,23?,24-,26+/m1/s1. The third-order valence-electron chi connectivity index (χ3n) is 11.0. The van der Waals surface area contributed by atoms with Gasteiger partial charge in [0.25, 0.3) is 15.9 Å². The summed E-state index contributed by atoms with van der Waals surface area (Å²) < 4.78 is 70.0. The van der Waals surface area contributed by atoms with Crippen LogP contribution in [0.15, 0.2) is 63.1 Å². The molecule has 11 rings (SSSR count). The molecule has 7 fully saturated rings. The number of aliphatic hydroxyl groups is 1. The van der Waals surface area contributed by atoms with Crippen LogP contribution < -0.4 is 10.0 Å². The van der Waals surface area contributed by atoms with Crippen LogP contribution in [0.2, 0.25) is 0 Å². The number of rotatable bonds is 5. The molecule has 1 amide bonds. The van der Waals surface area contributed by atoms with Crippen molar-refractivity contribution in [1.29, 1.82) is 0 Å². The van der Waals surface area contributed by atoms with Gasteiger partial charge in [-0.1, -0.05) is 12.1 Å². The van der Waals surface area contributed by atoms with E-state index in [0.29, 0.717) is 41.4 Å². The zero-order chi connectivity index (χ0) is 29.0. The average molecular weight is 611 g/mol. The number of hydrogen-bond acceptors (Lipinski definition) is 7. The predicted octanol–water partition coefficient (Wildman–Crippen LogP) is 2.94. The molecule has 13 heteroatoms. The molecule has 9 aliphatic rings. The van der Waals surface area contributed by atoms with Gasteiger partial charge >= 0.3 is 0 Å². The number of halogens is 1. The first kappa shape index (κ1) is 25.1. The molecule has 0 saturated heterocycles. The van der Waals surface area contributed by atoms with Crippen molar-refractivity contribution in [2.45, 2.75) is 23.9 Å². The Morgan fingerprint density at radius 1 is 1.05 bits per heavy atom. The van der Waals surface area contributed by atoms with Gasteiger partial charge in [-0.2, -0.15) is 8.42 Å². The Morgan fingerprint density at radius 3 is 2.38 bits per heavy atom. The lowest BCUT2D eigenvalue weighted by Gasteiger charge is -2.54. The van der Waals surface area contributed by atoms with Gasteiger partial charge in [-0.3, -0.25) is 9.52 Å². The number of sulfonamides is 2. The number of amidine groups is 1. The van der Waals surface area contributed by atoms with Crippen LogP contribution in [0.4, 0.5) is 15.8 Å². The van der Waals surface area contributed by atoms with Crippen LogP contribution in [0.1, 0.15) is 12.0 Å². The van der Waals surface area contributed by atoms with Gasteiger partial charge in [0.2, 0.25) is 10.0 Å². The fraction of sp³-hybridized carbons (Fsp3) is 0.448. The van der Waals surface area contributed by atoms with Crippen LogP contribution in [-0.2, 0) is 31.4 Å². The Morgan fingerprint density at radius 2 is 1.71 bits per heavy atom. The van der Waals surface area contributed by atoms with Crippen molar-refractivity contribution in [3.8, 4) is 0 Å². The Balaban J connectivity index is 1.15. The summed E-state index contributed by atoms with van der Waals surface area (Å²) in [6.07, 6.45) is 2.19. The zero-order valence-corrected chi connectivity index (χ0v) is 23.9. The smallest absolute Gasteiger partial charge is 0.286 e. The largest absolute Gasteiger partial charge is 0.511 e. The van der Waals surface area contributed by atoms with E-state index in [4.69, 9.17) is 0 Å².